The first-order valence-electron chi connectivity index (χ1n) is 7.23. The minimum atomic E-state index is 0.0345. The number of hydrogen-bond donors (Lipinski definition) is 2. The van der Waals surface area contributed by atoms with Crippen molar-refractivity contribution < 1.29 is 4.79 Å². The molecule has 3 aliphatic rings. The molecule has 2 heterocycles. The average Bonchev–Trinajstić information content (AvgIpc) is 3.11. The number of amides is 1. The Balaban J connectivity index is 1.44. The van der Waals surface area contributed by atoms with Gasteiger partial charge in [-0.2, -0.15) is 0 Å². The van der Waals surface area contributed by atoms with Crippen LogP contribution in [-0.4, -0.2) is 73.1 Å². The normalized spacial score (nSPS) is 28.7. The molecule has 3 rings (SSSR count). The maximum absolute atomic E-state index is 12.0. The van der Waals surface area contributed by atoms with E-state index >= 15 is 0 Å². The van der Waals surface area contributed by atoms with E-state index in [-0.39, 0.29) is 11.9 Å². The molecule has 5 nitrogen and oxygen atoms in total. The van der Waals surface area contributed by atoms with Gasteiger partial charge >= 0.3 is 0 Å². The molecule has 0 aromatic heterocycles. The van der Waals surface area contributed by atoms with Gasteiger partial charge in [0.1, 0.15) is 0 Å². The molecule has 1 saturated carbocycles. The van der Waals surface area contributed by atoms with Crippen LogP contribution < -0.4 is 10.6 Å². The minimum Gasteiger partial charge on any atom is -0.352 e. The Kier molecular flexibility index (Phi) is 3.54. The van der Waals surface area contributed by atoms with Gasteiger partial charge in [-0.05, 0) is 19.8 Å². The first-order chi connectivity index (χ1) is 8.74. The second kappa shape index (κ2) is 5.15. The molecule has 2 N–H and O–H groups in total. The van der Waals surface area contributed by atoms with Crippen LogP contribution in [0.15, 0.2) is 0 Å². The summed E-state index contributed by atoms with van der Waals surface area (Å²) in [5.41, 5.74) is 0. The summed E-state index contributed by atoms with van der Waals surface area (Å²) in [7, 11) is 0. The number of nitrogens with zero attached hydrogens (tertiary/aromatic N) is 2. The number of carbonyl (C=O) groups is 1. The zero-order chi connectivity index (χ0) is 12.5. The molecule has 1 aliphatic carbocycles. The molecular weight excluding hydrogens is 228 g/mol. The molecule has 5 heteroatoms. The molecule has 2 saturated heterocycles. The zero-order valence-corrected chi connectivity index (χ0v) is 11.2. The van der Waals surface area contributed by atoms with Gasteiger partial charge in [0.05, 0.1) is 6.04 Å². The van der Waals surface area contributed by atoms with Crippen LogP contribution in [-0.2, 0) is 4.79 Å². The van der Waals surface area contributed by atoms with Gasteiger partial charge in [0.15, 0.2) is 0 Å². The van der Waals surface area contributed by atoms with E-state index in [0.29, 0.717) is 6.04 Å². The molecule has 0 aromatic rings. The van der Waals surface area contributed by atoms with Gasteiger partial charge in [-0.15, -0.1) is 0 Å². The summed E-state index contributed by atoms with van der Waals surface area (Å²) in [6.07, 6.45) is 2.34. The lowest BCUT2D eigenvalue weighted by atomic mass is 10.1. The van der Waals surface area contributed by atoms with Crippen molar-refractivity contribution in [1.29, 1.82) is 0 Å². The molecule has 0 spiro atoms. The van der Waals surface area contributed by atoms with Crippen molar-refractivity contribution >= 4 is 5.91 Å². The maximum atomic E-state index is 12.0. The number of hydrogen-bond acceptors (Lipinski definition) is 4. The molecule has 2 aliphatic heterocycles. The predicted molar refractivity (Wildman–Crippen MR) is 70.4 cm³/mol. The van der Waals surface area contributed by atoms with E-state index in [1.54, 1.807) is 0 Å². The highest BCUT2D eigenvalue weighted by atomic mass is 16.2. The van der Waals surface area contributed by atoms with E-state index in [2.05, 4.69) is 20.4 Å². The standard InChI is InChI=1S/C13H24N4O/c1-10(13(18)15-11-2-3-11)16-4-6-17(7-5-16)12-8-14-9-12/h10-12,14H,2-9H2,1H3,(H,15,18). The van der Waals surface area contributed by atoms with E-state index in [1.165, 1.54) is 12.8 Å². The summed E-state index contributed by atoms with van der Waals surface area (Å²) in [4.78, 5) is 16.9. The monoisotopic (exact) mass is 252 g/mol. The van der Waals surface area contributed by atoms with E-state index in [4.69, 9.17) is 0 Å². The van der Waals surface area contributed by atoms with Crippen molar-refractivity contribution in [3.05, 3.63) is 0 Å². The largest absolute Gasteiger partial charge is 0.352 e. The Bertz CT molecular complexity index is 306. The first kappa shape index (κ1) is 12.4. The minimum absolute atomic E-state index is 0.0345. The molecule has 0 aromatic carbocycles. The van der Waals surface area contributed by atoms with Gasteiger partial charge < -0.3 is 10.6 Å². The fourth-order valence-electron chi connectivity index (χ4n) is 2.74. The summed E-state index contributed by atoms with van der Waals surface area (Å²) >= 11 is 0. The topological polar surface area (TPSA) is 47.6 Å². The lowest BCUT2D eigenvalue weighted by Gasteiger charge is -2.44. The van der Waals surface area contributed by atoms with E-state index < -0.39 is 0 Å². The summed E-state index contributed by atoms with van der Waals surface area (Å²) in [5, 5.41) is 6.42. The Hall–Kier alpha value is -0.650. The van der Waals surface area contributed by atoms with Gasteiger partial charge in [0.25, 0.3) is 0 Å². The van der Waals surface area contributed by atoms with Crippen molar-refractivity contribution in [3.63, 3.8) is 0 Å². The third-order valence-electron chi connectivity index (χ3n) is 4.48. The molecule has 1 amide bonds. The van der Waals surface area contributed by atoms with Crippen LogP contribution in [0.25, 0.3) is 0 Å². The van der Waals surface area contributed by atoms with E-state index in [1.807, 2.05) is 6.92 Å². The Labute approximate surface area is 109 Å². The second-order valence-corrected chi connectivity index (χ2v) is 5.84. The van der Waals surface area contributed by atoms with Crippen LogP contribution in [0.3, 0.4) is 0 Å². The highest BCUT2D eigenvalue weighted by molar-refractivity contribution is 5.81. The lowest BCUT2D eigenvalue weighted by Crippen LogP contribution is -2.63. The van der Waals surface area contributed by atoms with E-state index in [0.717, 1.165) is 45.3 Å². The van der Waals surface area contributed by atoms with Crippen LogP contribution in [0.4, 0.5) is 0 Å². The van der Waals surface area contributed by atoms with Crippen molar-refractivity contribution in [1.82, 2.24) is 20.4 Å². The third-order valence-corrected chi connectivity index (χ3v) is 4.48. The molecule has 0 bridgehead atoms. The van der Waals surface area contributed by atoms with Crippen LogP contribution in [0.1, 0.15) is 19.8 Å². The highest BCUT2D eigenvalue weighted by Crippen LogP contribution is 2.19. The fraction of sp³-hybridized carbons (Fsp3) is 0.923. The van der Waals surface area contributed by atoms with Crippen molar-refractivity contribution in [2.45, 2.75) is 37.9 Å². The van der Waals surface area contributed by atoms with Gasteiger partial charge in [0.2, 0.25) is 5.91 Å². The molecule has 1 atom stereocenters. The third kappa shape index (κ3) is 2.68. The molecule has 3 fully saturated rings. The van der Waals surface area contributed by atoms with Crippen LogP contribution in [0, 0.1) is 0 Å². The summed E-state index contributed by atoms with van der Waals surface area (Å²) in [5.74, 6) is 0.219. The maximum Gasteiger partial charge on any atom is 0.237 e. The van der Waals surface area contributed by atoms with Crippen molar-refractivity contribution in [2.75, 3.05) is 39.3 Å². The molecular formula is C13H24N4O. The Morgan fingerprint density at radius 2 is 1.89 bits per heavy atom. The zero-order valence-electron chi connectivity index (χ0n) is 11.2. The fourth-order valence-corrected chi connectivity index (χ4v) is 2.74. The van der Waals surface area contributed by atoms with Crippen molar-refractivity contribution in [3.8, 4) is 0 Å². The number of piperazine rings is 1. The van der Waals surface area contributed by atoms with Crippen LogP contribution in [0.2, 0.25) is 0 Å². The molecule has 102 valence electrons. The van der Waals surface area contributed by atoms with Crippen LogP contribution in [0.5, 0.6) is 0 Å². The SMILES string of the molecule is CC(C(=O)NC1CC1)N1CCN(C2CNC2)CC1. The summed E-state index contributed by atoms with van der Waals surface area (Å²) in [6, 6.07) is 1.25. The van der Waals surface area contributed by atoms with Gasteiger partial charge in [-0.3, -0.25) is 14.6 Å². The summed E-state index contributed by atoms with van der Waals surface area (Å²) < 4.78 is 0. The quantitative estimate of drug-likeness (QED) is 0.691. The smallest absolute Gasteiger partial charge is 0.237 e. The molecule has 0 radical (unpaired) electrons. The highest BCUT2D eigenvalue weighted by Gasteiger charge is 2.32. The second-order valence-electron chi connectivity index (χ2n) is 5.84. The molecule has 18 heavy (non-hydrogen) atoms. The molecule has 1 unspecified atom stereocenters. The number of rotatable bonds is 4. The van der Waals surface area contributed by atoms with Gasteiger partial charge in [-0.25, -0.2) is 0 Å². The summed E-state index contributed by atoms with van der Waals surface area (Å²) in [6.45, 7) is 8.57. The average molecular weight is 252 g/mol. The Morgan fingerprint density at radius 3 is 2.39 bits per heavy atom. The Morgan fingerprint density at radius 1 is 1.22 bits per heavy atom. The van der Waals surface area contributed by atoms with Gasteiger partial charge in [-0.1, -0.05) is 0 Å². The first-order valence-corrected chi connectivity index (χ1v) is 7.23. The van der Waals surface area contributed by atoms with Crippen molar-refractivity contribution in [2.24, 2.45) is 0 Å². The van der Waals surface area contributed by atoms with Gasteiger partial charge in [0, 0.05) is 51.4 Å². The predicted octanol–water partition coefficient (Wildman–Crippen LogP) is -0.757. The lowest BCUT2D eigenvalue weighted by molar-refractivity contribution is -0.126. The van der Waals surface area contributed by atoms with Crippen LogP contribution >= 0.6 is 0 Å². The number of nitrogens with one attached hydrogen (secondary N) is 2. The van der Waals surface area contributed by atoms with E-state index in [9.17, 15) is 4.79 Å². The number of carbonyl (C=O) groups excluding carboxylic acids is 1.